The molecule has 0 radical (unpaired) electrons. The molecule has 0 N–H and O–H groups in total. The molecule has 0 saturated heterocycles. The molecule has 406 valence electrons. The predicted molar refractivity (Wildman–Crippen MR) is 330 cm³/mol. The predicted octanol–water partition coefficient (Wildman–Crippen LogP) is 17.8. The highest BCUT2D eigenvalue weighted by Crippen LogP contribution is 2.47. The van der Waals surface area contributed by atoms with Crippen LogP contribution in [0.1, 0.15) is 189 Å². The van der Waals surface area contributed by atoms with E-state index in [1.807, 2.05) is 48.5 Å². The number of unbranched alkanes of at least 4 members (excludes halogenated alkanes) is 15. The van der Waals surface area contributed by atoms with Crippen molar-refractivity contribution in [3.63, 3.8) is 0 Å². The Morgan fingerprint density at radius 2 is 0.772 bits per heavy atom. The van der Waals surface area contributed by atoms with Gasteiger partial charge in [0.05, 0.1) is 0 Å². The van der Waals surface area contributed by atoms with Crippen LogP contribution in [0.2, 0.25) is 0 Å². The first-order valence-corrected chi connectivity index (χ1v) is 31.4. The molecule has 8 nitrogen and oxygen atoms in total. The van der Waals surface area contributed by atoms with Crippen LogP contribution in [0.5, 0.6) is 0 Å². The standard InChI is InChI=1S/C69H72N2O6S2/c1-44(72)78-42-19-13-9-5-3-7-11-15-25-50(26-16-12-8-4-6-10-14-20-43-79-45(2)73)71-68(76)58-39-35-54-52-33-37-56-64-57(38-34-53(62(52)64)55-36-40-59(69(71)77)65(58)63(54)55)67(75)70(66(56)74)41-18-17-22-46-27-28-49-30-29-47-23-21-24-48-31-32-51(46)61(49)60(47)48/h21,23-24,27-40,50H,3-20,22,25-26,41-43H2,1-2H3. The number of aryl methyl sites for hydroxylation is 1. The van der Waals surface area contributed by atoms with Gasteiger partial charge in [0.1, 0.15) is 0 Å². The van der Waals surface area contributed by atoms with Crippen molar-refractivity contribution < 1.29 is 28.8 Å². The van der Waals surface area contributed by atoms with E-state index in [0.29, 0.717) is 46.0 Å². The summed E-state index contributed by atoms with van der Waals surface area (Å²) in [5.41, 5.74) is 3.43. The Balaban J connectivity index is 0.788. The Kier molecular flexibility index (Phi) is 17.0. The van der Waals surface area contributed by atoms with Crippen molar-refractivity contribution in [2.75, 3.05) is 18.1 Å². The summed E-state index contributed by atoms with van der Waals surface area (Å²) >= 11 is 2.83. The minimum atomic E-state index is -0.272. The summed E-state index contributed by atoms with van der Waals surface area (Å²) in [5.74, 6) is 0.819. The van der Waals surface area contributed by atoms with E-state index in [4.69, 9.17) is 0 Å². The lowest BCUT2D eigenvalue weighted by atomic mass is 9.82. The zero-order valence-corrected chi connectivity index (χ0v) is 47.7. The molecule has 0 atom stereocenters. The van der Waals surface area contributed by atoms with Crippen LogP contribution in [-0.2, 0) is 16.0 Å². The maximum absolute atomic E-state index is 15.0. The van der Waals surface area contributed by atoms with Crippen LogP contribution in [0.3, 0.4) is 0 Å². The van der Waals surface area contributed by atoms with E-state index in [2.05, 4.69) is 54.6 Å². The number of hydrogen-bond donors (Lipinski definition) is 0. The average molecular weight is 1090 g/mol. The Bertz CT molecular complexity index is 3620. The summed E-state index contributed by atoms with van der Waals surface area (Å²) in [6.07, 6.45) is 21.7. The van der Waals surface area contributed by atoms with Crippen LogP contribution in [0, 0.1) is 0 Å². The summed E-state index contributed by atoms with van der Waals surface area (Å²) < 4.78 is 0. The Hall–Kier alpha value is -6.36. The number of benzene rings is 9. The number of carbonyl (C=O) groups is 6. The van der Waals surface area contributed by atoms with E-state index in [-0.39, 0.29) is 39.9 Å². The lowest BCUT2D eigenvalue weighted by molar-refractivity contribution is -0.109. The molecule has 0 bridgehead atoms. The number of fused-ring (bicyclic) bond motifs is 2. The summed E-state index contributed by atoms with van der Waals surface area (Å²) in [4.78, 5) is 84.5. The molecule has 0 fully saturated rings. The van der Waals surface area contributed by atoms with Crippen LogP contribution in [0.25, 0.3) is 75.4 Å². The van der Waals surface area contributed by atoms with E-state index in [0.717, 1.165) is 147 Å². The second-order valence-corrected chi connectivity index (χ2v) is 25.0. The van der Waals surface area contributed by atoms with Gasteiger partial charge >= 0.3 is 0 Å². The highest BCUT2D eigenvalue weighted by atomic mass is 32.2. The minimum absolute atomic E-state index is 0.189. The first kappa shape index (κ1) is 54.6. The van der Waals surface area contributed by atoms with Crippen LogP contribution in [0.15, 0.2) is 103 Å². The number of thioether (sulfide) groups is 2. The molecule has 0 unspecified atom stereocenters. The third-order valence-electron chi connectivity index (χ3n) is 17.3. The fraction of sp³-hybridized carbons (Fsp3) is 0.391. The molecule has 0 aromatic heterocycles. The molecular weight excluding hydrogens is 1020 g/mol. The zero-order chi connectivity index (χ0) is 54.6. The molecule has 2 heterocycles. The highest BCUT2D eigenvalue weighted by Gasteiger charge is 2.39. The molecule has 2 aliphatic heterocycles. The van der Waals surface area contributed by atoms with Gasteiger partial charge in [-0.05, 0) is 139 Å². The lowest BCUT2D eigenvalue weighted by Crippen LogP contribution is -2.47. The first-order chi connectivity index (χ1) is 38.6. The second-order valence-electron chi connectivity index (χ2n) is 22.5. The van der Waals surface area contributed by atoms with Crippen LogP contribution >= 0.6 is 23.5 Å². The third kappa shape index (κ3) is 11.0. The van der Waals surface area contributed by atoms with Crippen LogP contribution in [-0.4, -0.2) is 67.8 Å². The fourth-order valence-corrected chi connectivity index (χ4v) is 14.7. The largest absolute Gasteiger partial charge is 0.288 e. The summed E-state index contributed by atoms with van der Waals surface area (Å²) in [6.45, 7) is 3.59. The quantitative estimate of drug-likeness (QED) is 0.0206. The van der Waals surface area contributed by atoms with Crippen LogP contribution in [0.4, 0.5) is 0 Å². The van der Waals surface area contributed by atoms with Crippen LogP contribution < -0.4 is 0 Å². The van der Waals surface area contributed by atoms with Gasteiger partial charge in [0.25, 0.3) is 23.6 Å². The molecule has 2 aliphatic rings. The molecule has 9 aromatic rings. The molecule has 11 rings (SSSR count). The summed E-state index contributed by atoms with van der Waals surface area (Å²) in [6, 6.07) is 35.2. The number of imide groups is 2. The van der Waals surface area contributed by atoms with Gasteiger partial charge < -0.3 is 0 Å². The van der Waals surface area contributed by atoms with Gasteiger partial charge in [0.2, 0.25) is 0 Å². The summed E-state index contributed by atoms with van der Waals surface area (Å²) in [5, 5.41) is 14.7. The number of nitrogens with zero attached hydrogens (tertiary/aromatic N) is 2. The first-order valence-electron chi connectivity index (χ1n) is 29.5. The van der Waals surface area contributed by atoms with Crippen molar-refractivity contribution in [3.05, 3.63) is 131 Å². The van der Waals surface area contributed by atoms with Crippen molar-refractivity contribution in [1.29, 1.82) is 0 Å². The summed E-state index contributed by atoms with van der Waals surface area (Å²) in [7, 11) is 0. The van der Waals surface area contributed by atoms with Crippen molar-refractivity contribution in [2.24, 2.45) is 0 Å². The van der Waals surface area contributed by atoms with Gasteiger partial charge in [0, 0.05) is 71.0 Å². The van der Waals surface area contributed by atoms with Crippen molar-refractivity contribution in [1.82, 2.24) is 9.80 Å². The molecule has 0 spiro atoms. The Morgan fingerprint density at radius 3 is 1.24 bits per heavy atom. The van der Waals surface area contributed by atoms with E-state index in [1.165, 1.54) is 92.0 Å². The van der Waals surface area contributed by atoms with E-state index in [9.17, 15) is 28.8 Å². The molecule has 9 aromatic carbocycles. The Morgan fingerprint density at radius 1 is 0.380 bits per heavy atom. The zero-order valence-electron chi connectivity index (χ0n) is 46.0. The second kappa shape index (κ2) is 24.6. The fourth-order valence-electron chi connectivity index (χ4n) is 13.4. The lowest BCUT2D eigenvalue weighted by Gasteiger charge is -2.35. The van der Waals surface area contributed by atoms with Crippen molar-refractivity contribution in [2.45, 2.75) is 155 Å². The number of rotatable bonds is 28. The molecule has 10 heteroatoms. The maximum Gasteiger partial charge on any atom is 0.261 e. The van der Waals surface area contributed by atoms with E-state index >= 15 is 0 Å². The normalized spacial score (nSPS) is 13.8. The van der Waals surface area contributed by atoms with Gasteiger partial charge in [-0.1, -0.05) is 192 Å². The molecule has 0 saturated carbocycles. The molecule has 0 aliphatic carbocycles. The van der Waals surface area contributed by atoms with E-state index in [1.54, 1.807) is 18.7 Å². The van der Waals surface area contributed by atoms with Gasteiger partial charge in [-0.3, -0.25) is 38.6 Å². The number of carbonyl (C=O) groups excluding carboxylic acids is 6. The van der Waals surface area contributed by atoms with Gasteiger partial charge in [0.15, 0.2) is 10.2 Å². The smallest absolute Gasteiger partial charge is 0.261 e. The van der Waals surface area contributed by atoms with Crippen molar-refractivity contribution >= 4 is 133 Å². The number of amides is 4. The molecule has 4 amide bonds. The van der Waals surface area contributed by atoms with E-state index < -0.39 is 0 Å². The molecular formula is C69H72N2O6S2. The monoisotopic (exact) mass is 1090 g/mol. The third-order valence-corrected chi connectivity index (χ3v) is 19.1. The van der Waals surface area contributed by atoms with Gasteiger partial charge in [-0.25, -0.2) is 0 Å². The topological polar surface area (TPSA) is 109 Å². The van der Waals surface area contributed by atoms with Gasteiger partial charge in [-0.2, -0.15) is 0 Å². The Labute approximate surface area is 472 Å². The number of hydrogen-bond acceptors (Lipinski definition) is 8. The molecule has 79 heavy (non-hydrogen) atoms. The SMILES string of the molecule is CC(=O)SCCCCCCCCCCC(CCCCCCCCCCSC(C)=O)N1C(=O)c2ccc3c4ccc5c6c(ccc(c7ccc(c2c37)C1=O)c64)C(=O)N(CCCCc1ccc2ccc3cccc4ccc1c2c34)C5=O. The van der Waals surface area contributed by atoms with Gasteiger partial charge in [-0.15, -0.1) is 0 Å². The van der Waals surface area contributed by atoms with Crippen molar-refractivity contribution in [3.8, 4) is 0 Å². The highest BCUT2D eigenvalue weighted by molar-refractivity contribution is 8.13. The maximum atomic E-state index is 15.0. The minimum Gasteiger partial charge on any atom is -0.288 e. The average Bonchev–Trinajstić information content (AvgIpc) is 3.03.